The number of nitrogens with zero attached hydrogens (tertiary/aromatic N) is 4. The van der Waals surface area contributed by atoms with Crippen molar-refractivity contribution in [2.45, 2.75) is 19.1 Å². The molecule has 5 rings (SSSR count). The number of halogens is 5. The Bertz CT molecular complexity index is 1490. The van der Waals surface area contributed by atoms with Crippen LogP contribution >= 0.6 is 0 Å². The number of carbonyl (C=O) groups excluding carboxylic acids is 1. The van der Waals surface area contributed by atoms with Crippen molar-refractivity contribution in [1.29, 1.82) is 0 Å². The zero-order chi connectivity index (χ0) is 27.0. The zero-order valence-corrected chi connectivity index (χ0v) is 20.1. The lowest BCUT2D eigenvalue weighted by Gasteiger charge is -2.40. The zero-order valence-electron chi connectivity index (χ0n) is 20.1. The number of anilines is 2. The van der Waals surface area contributed by atoms with Gasteiger partial charge in [-0.05, 0) is 49.4 Å². The molecule has 0 aliphatic carbocycles. The van der Waals surface area contributed by atoms with Crippen LogP contribution in [0.25, 0.3) is 22.0 Å². The SMILES string of the molecule is C[C@H]1CN(c2nnc(-c3ccc(F)cc3)c3ccccc23)CCN1C(=O)Nc1ccc(F)cc1C(F)(F)F. The van der Waals surface area contributed by atoms with Crippen LogP contribution < -0.4 is 10.2 Å². The van der Waals surface area contributed by atoms with Gasteiger partial charge < -0.3 is 15.1 Å². The second-order valence-corrected chi connectivity index (χ2v) is 9.03. The Kier molecular flexibility index (Phi) is 6.60. The third-order valence-corrected chi connectivity index (χ3v) is 6.50. The Morgan fingerprint density at radius 2 is 1.61 bits per heavy atom. The lowest BCUT2D eigenvalue weighted by Crippen LogP contribution is -2.55. The van der Waals surface area contributed by atoms with E-state index < -0.39 is 29.3 Å². The van der Waals surface area contributed by atoms with Crippen LogP contribution in [0.15, 0.2) is 66.7 Å². The first-order valence-electron chi connectivity index (χ1n) is 11.8. The van der Waals surface area contributed by atoms with Gasteiger partial charge in [-0.25, -0.2) is 13.6 Å². The molecule has 1 aromatic heterocycles. The van der Waals surface area contributed by atoms with Gasteiger partial charge >= 0.3 is 12.2 Å². The number of aromatic nitrogens is 2. The van der Waals surface area contributed by atoms with Crippen LogP contribution in [0.4, 0.5) is 38.3 Å². The molecule has 6 nitrogen and oxygen atoms in total. The molecule has 2 amide bonds. The van der Waals surface area contributed by atoms with Gasteiger partial charge in [0.15, 0.2) is 5.82 Å². The van der Waals surface area contributed by atoms with E-state index in [2.05, 4.69) is 15.5 Å². The summed E-state index contributed by atoms with van der Waals surface area (Å²) in [4.78, 5) is 16.3. The number of hydrogen-bond acceptors (Lipinski definition) is 4. The molecule has 1 fully saturated rings. The van der Waals surface area contributed by atoms with Crippen LogP contribution in [0.3, 0.4) is 0 Å². The fourth-order valence-electron chi connectivity index (χ4n) is 4.64. The summed E-state index contributed by atoms with van der Waals surface area (Å²) in [6.45, 7) is 2.72. The standard InChI is InChI=1S/C27H22F5N5O/c1-16-15-36(12-13-37(16)26(38)33-23-11-10-19(29)14-22(23)27(30,31)32)25-21-5-3-2-4-20(21)24(34-35-25)17-6-8-18(28)9-7-17/h2-11,14,16H,12-13,15H2,1H3,(H,33,38)/t16-/m0/s1. The van der Waals surface area contributed by atoms with Gasteiger partial charge in [-0.15, -0.1) is 10.2 Å². The molecule has 2 heterocycles. The van der Waals surface area contributed by atoms with E-state index in [1.807, 2.05) is 29.2 Å². The predicted octanol–water partition coefficient (Wildman–Crippen LogP) is 6.34. The van der Waals surface area contributed by atoms with Crippen molar-refractivity contribution in [3.63, 3.8) is 0 Å². The summed E-state index contributed by atoms with van der Waals surface area (Å²) < 4.78 is 66.9. The van der Waals surface area contributed by atoms with E-state index in [0.29, 0.717) is 30.7 Å². The third-order valence-electron chi connectivity index (χ3n) is 6.50. The molecule has 1 aliphatic heterocycles. The van der Waals surface area contributed by atoms with Gasteiger partial charge in [0, 0.05) is 42.0 Å². The largest absolute Gasteiger partial charge is 0.418 e. The highest BCUT2D eigenvalue weighted by Gasteiger charge is 2.36. The molecular formula is C27H22F5N5O. The highest BCUT2D eigenvalue weighted by Crippen LogP contribution is 2.36. The second kappa shape index (κ2) is 9.88. The number of carbonyl (C=O) groups is 1. The molecule has 4 aromatic rings. The molecule has 11 heteroatoms. The quantitative estimate of drug-likeness (QED) is 0.316. The summed E-state index contributed by atoms with van der Waals surface area (Å²) in [6, 6.07) is 14.6. The van der Waals surface area contributed by atoms with Gasteiger partial charge in [0.1, 0.15) is 17.3 Å². The normalized spacial score (nSPS) is 16.1. The minimum Gasteiger partial charge on any atom is -0.351 e. The first-order chi connectivity index (χ1) is 18.1. The Hall–Kier alpha value is -4.28. The number of urea groups is 1. The molecule has 0 bridgehead atoms. The monoisotopic (exact) mass is 527 g/mol. The van der Waals surface area contributed by atoms with Crippen molar-refractivity contribution >= 4 is 28.3 Å². The van der Waals surface area contributed by atoms with E-state index in [1.165, 1.54) is 17.0 Å². The molecule has 1 saturated heterocycles. The number of rotatable bonds is 3. The Morgan fingerprint density at radius 3 is 2.29 bits per heavy atom. The number of hydrogen-bond donors (Lipinski definition) is 1. The molecule has 1 atom stereocenters. The third kappa shape index (κ3) is 4.96. The van der Waals surface area contributed by atoms with E-state index in [-0.39, 0.29) is 18.4 Å². The van der Waals surface area contributed by atoms with Crippen LogP contribution in [0.5, 0.6) is 0 Å². The second-order valence-electron chi connectivity index (χ2n) is 9.03. The van der Waals surface area contributed by atoms with Crippen LogP contribution in [-0.4, -0.2) is 46.8 Å². The minimum absolute atomic E-state index is 0.214. The number of benzene rings is 3. The van der Waals surface area contributed by atoms with Crippen LogP contribution in [-0.2, 0) is 6.18 Å². The number of alkyl halides is 3. The van der Waals surface area contributed by atoms with E-state index in [9.17, 15) is 26.7 Å². The van der Waals surface area contributed by atoms with Crippen molar-refractivity contribution in [3.8, 4) is 11.3 Å². The van der Waals surface area contributed by atoms with E-state index in [1.54, 1.807) is 19.1 Å². The molecule has 1 aliphatic rings. The number of fused-ring (bicyclic) bond motifs is 1. The molecular weight excluding hydrogens is 505 g/mol. The minimum atomic E-state index is -4.82. The van der Waals surface area contributed by atoms with Crippen LogP contribution in [0.1, 0.15) is 12.5 Å². The smallest absolute Gasteiger partial charge is 0.351 e. The fraction of sp³-hybridized carbons (Fsp3) is 0.222. The average Bonchev–Trinajstić information content (AvgIpc) is 2.89. The van der Waals surface area contributed by atoms with E-state index in [0.717, 1.165) is 28.5 Å². The van der Waals surface area contributed by atoms with Gasteiger partial charge in [0.2, 0.25) is 0 Å². The summed E-state index contributed by atoms with van der Waals surface area (Å²) in [5, 5.41) is 12.8. The van der Waals surface area contributed by atoms with Crippen molar-refractivity contribution in [3.05, 3.63) is 83.9 Å². The maximum absolute atomic E-state index is 13.4. The van der Waals surface area contributed by atoms with Crippen molar-refractivity contribution in [2.24, 2.45) is 0 Å². The molecule has 0 saturated carbocycles. The molecule has 38 heavy (non-hydrogen) atoms. The van der Waals surface area contributed by atoms with Crippen LogP contribution in [0, 0.1) is 11.6 Å². The fourth-order valence-corrected chi connectivity index (χ4v) is 4.64. The number of amides is 2. The molecule has 196 valence electrons. The van der Waals surface area contributed by atoms with Crippen molar-refractivity contribution < 1.29 is 26.7 Å². The molecule has 1 N–H and O–H groups in total. The van der Waals surface area contributed by atoms with E-state index >= 15 is 0 Å². The van der Waals surface area contributed by atoms with Gasteiger partial charge in [-0.2, -0.15) is 13.2 Å². The first kappa shape index (κ1) is 25.4. The predicted molar refractivity (Wildman–Crippen MR) is 134 cm³/mol. The maximum Gasteiger partial charge on any atom is 0.418 e. The molecule has 0 unspecified atom stereocenters. The summed E-state index contributed by atoms with van der Waals surface area (Å²) in [7, 11) is 0. The Labute approximate surface area is 214 Å². The number of nitrogens with one attached hydrogen (secondary N) is 1. The molecule has 3 aromatic carbocycles. The summed E-state index contributed by atoms with van der Waals surface area (Å²) in [6.07, 6.45) is -4.82. The molecule has 0 spiro atoms. The maximum atomic E-state index is 13.4. The molecule has 0 radical (unpaired) electrons. The van der Waals surface area contributed by atoms with Crippen molar-refractivity contribution in [2.75, 3.05) is 29.9 Å². The van der Waals surface area contributed by atoms with Gasteiger partial charge in [-0.1, -0.05) is 24.3 Å². The Morgan fingerprint density at radius 1 is 0.921 bits per heavy atom. The lowest BCUT2D eigenvalue weighted by atomic mass is 10.0. The van der Waals surface area contributed by atoms with Crippen molar-refractivity contribution in [1.82, 2.24) is 15.1 Å². The highest BCUT2D eigenvalue weighted by atomic mass is 19.4. The first-order valence-corrected chi connectivity index (χ1v) is 11.8. The summed E-state index contributed by atoms with van der Waals surface area (Å²) >= 11 is 0. The average molecular weight is 527 g/mol. The van der Waals surface area contributed by atoms with Gasteiger partial charge in [0.05, 0.1) is 11.3 Å². The van der Waals surface area contributed by atoms with E-state index in [4.69, 9.17) is 0 Å². The number of piperazine rings is 1. The van der Waals surface area contributed by atoms with Gasteiger partial charge in [-0.3, -0.25) is 0 Å². The topological polar surface area (TPSA) is 61.4 Å². The summed E-state index contributed by atoms with van der Waals surface area (Å²) in [5.74, 6) is -0.792. The highest BCUT2D eigenvalue weighted by molar-refractivity contribution is 6.00. The summed E-state index contributed by atoms with van der Waals surface area (Å²) in [5.41, 5.74) is -0.433. The lowest BCUT2D eigenvalue weighted by molar-refractivity contribution is -0.137. The Balaban J connectivity index is 1.36. The van der Waals surface area contributed by atoms with Gasteiger partial charge in [0.25, 0.3) is 0 Å². The van der Waals surface area contributed by atoms with Crippen LogP contribution in [0.2, 0.25) is 0 Å².